The lowest BCUT2D eigenvalue weighted by Gasteiger charge is -2.22. The molecule has 104 valence electrons. The maximum atomic E-state index is 11.7. The number of H-pyrrole nitrogens is 2. The van der Waals surface area contributed by atoms with Gasteiger partial charge >= 0.3 is 5.69 Å². The van der Waals surface area contributed by atoms with E-state index in [1.807, 2.05) is 4.98 Å². The SMILES string of the molecule is O=C(NCCC1CCCNC1)c1cc(=O)[nH]c(=O)[nH]1. The Morgan fingerprint density at radius 2 is 2.21 bits per heavy atom. The Balaban J connectivity index is 1.83. The van der Waals surface area contributed by atoms with Gasteiger partial charge in [-0.3, -0.25) is 14.6 Å². The first-order valence-corrected chi connectivity index (χ1v) is 6.48. The third-order valence-electron chi connectivity index (χ3n) is 3.24. The molecule has 1 unspecified atom stereocenters. The Bertz CT molecular complexity index is 514. The van der Waals surface area contributed by atoms with Gasteiger partial charge in [0.15, 0.2) is 0 Å². The first-order valence-electron chi connectivity index (χ1n) is 6.48. The van der Waals surface area contributed by atoms with Gasteiger partial charge in [0.1, 0.15) is 5.69 Å². The van der Waals surface area contributed by atoms with Gasteiger partial charge in [0.05, 0.1) is 0 Å². The molecule has 2 rings (SSSR count). The van der Waals surface area contributed by atoms with E-state index >= 15 is 0 Å². The van der Waals surface area contributed by atoms with Crippen molar-refractivity contribution < 1.29 is 4.79 Å². The Morgan fingerprint density at radius 3 is 2.89 bits per heavy atom. The van der Waals surface area contributed by atoms with Gasteiger partial charge < -0.3 is 15.6 Å². The Kier molecular flexibility index (Phi) is 4.51. The fraction of sp³-hybridized carbons (Fsp3) is 0.583. The lowest BCUT2D eigenvalue weighted by atomic mass is 9.96. The summed E-state index contributed by atoms with van der Waals surface area (Å²) in [7, 11) is 0. The second-order valence-corrected chi connectivity index (χ2v) is 4.76. The average Bonchev–Trinajstić information content (AvgIpc) is 2.38. The predicted octanol–water partition coefficient (Wildman–Crippen LogP) is -0.817. The fourth-order valence-electron chi connectivity index (χ4n) is 2.25. The summed E-state index contributed by atoms with van der Waals surface area (Å²) in [5, 5.41) is 6.02. The zero-order chi connectivity index (χ0) is 13.7. The molecule has 1 aromatic heterocycles. The summed E-state index contributed by atoms with van der Waals surface area (Å²) in [5.41, 5.74) is -1.25. The van der Waals surface area contributed by atoms with Gasteiger partial charge in [-0.05, 0) is 38.3 Å². The van der Waals surface area contributed by atoms with Gasteiger partial charge in [0, 0.05) is 12.6 Å². The molecule has 1 amide bonds. The maximum absolute atomic E-state index is 11.7. The van der Waals surface area contributed by atoms with Crippen molar-refractivity contribution in [2.24, 2.45) is 5.92 Å². The standard InChI is InChI=1S/C12H18N4O3/c17-10-6-9(15-12(19)16-10)11(18)14-5-3-8-2-1-4-13-7-8/h6,8,13H,1-5,7H2,(H,14,18)(H2,15,16,17,19). The van der Waals surface area contributed by atoms with E-state index in [-0.39, 0.29) is 5.69 Å². The summed E-state index contributed by atoms with van der Waals surface area (Å²) in [6.07, 6.45) is 3.23. The highest BCUT2D eigenvalue weighted by molar-refractivity contribution is 5.91. The Labute approximate surface area is 109 Å². The van der Waals surface area contributed by atoms with Crippen molar-refractivity contribution >= 4 is 5.91 Å². The largest absolute Gasteiger partial charge is 0.351 e. The van der Waals surface area contributed by atoms with E-state index in [4.69, 9.17) is 0 Å². The lowest BCUT2D eigenvalue weighted by Crippen LogP contribution is -2.34. The summed E-state index contributed by atoms with van der Waals surface area (Å²) in [5.74, 6) is 0.152. The highest BCUT2D eigenvalue weighted by Gasteiger charge is 2.13. The van der Waals surface area contributed by atoms with Crippen LogP contribution in [0.5, 0.6) is 0 Å². The Morgan fingerprint density at radius 1 is 1.37 bits per heavy atom. The van der Waals surface area contributed by atoms with E-state index in [1.54, 1.807) is 0 Å². The molecule has 1 fully saturated rings. The minimum Gasteiger partial charge on any atom is -0.351 e. The minimum absolute atomic E-state index is 0.00415. The molecule has 0 aliphatic carbocycles. The number of rotatable bonds is 4. The van der Waals surface area contributed by atoms with Crippen LogP contribution in [-0.4, -0.2) is 35.5 Å². The lowest BCUT2D eigenvalue weighted by molar-refractivity contribution is 0.0945. The number of carbonyl (C=O) groups is 1. The molecule has 4 N–H and O–H groups in total. The molecule has 0 saturated carbocycles. The zero-order valence-electron chi connectivity index (χ0n) is 10.6. The first-order chi connectivity index (χ1) is 9.15. The fourth-order valence-corrected chi connectivity index (χ4v) is 2.25. The van der Waals surface area contributed by atoms with E-state index in [9.17, 15) is 14.4 Å². The summed E-state index contributed by atoms with van der Waals surface area (Å²) >= 11 is 0. The van der Waals surface area contributed by atoms with Gasteiger partial charge in [-0.1, -0.05) is 0 Å². The summed E-state index contributed by atoms with van der Waals surface area (Å²) in [4.78, 5) is 38.2. The third-order valence-corrected chi connectivity index (χ3v) is 3.24. The molecule has 19 heavy (non-hydrogen) atoms. The monoisotopic (exact) mass is 266 g/mol. The highest BCUT2D eigenvalue weighted by Crippen LogP contribution is 2.12. The Hall–Kier alpha value is -1.89. The third kappa shape index (κ3) is 4.06. The molecule has 1 atom stereocenters. The van der Waals surface area contributed by atoms with Crippen LogP contribution in [0.3, 0.4) is 0 Å². The number of aromatic nitrogens is 2. The molecule has 0 bridgehead atoms. The molecule has 1 aliphatic rings. The molecular weight excluding hydrogens is 248 g/mol. The molecule has 0 aromatic carbocycles. The van der Waals surface area contributed by atoms with Gasteiger partial charge in [-0.15, -0.1) is 0 Å². The van der Waals surface area contributed by atoms with E-state index in [0.29, 0.717) is 12.5 Å². The highest BCUT2D eigenvalue weighted by atomic mass is 16.2. The van der Waals surface area contributed by atoms with Gasteiger partial charge in [0.25, 0.3) is 11.5 Å². The topological polar surface area (TPSA) is 107 Å². The summed E-state index contributed by atoms with van der Waals surface area (Å²) in [6, 6.07) is 1.08. The second kappa shape index (κ2) is 6.33. The number of piperidine rings is 1. The van der Waals surface area contributed by atoms with Crippen molar-refractivity contribution in [3.05, 3.63) is 32.6 Å². The second-order valence-electron chi connectivity index (χ2n) is 4.76. The van der Waals surface area contributed by atoms with Gasteiger partial charge in [-0.25, -0.2) is 4.79 Å². The summed E-state index contributed by atoms with van der Waals surface area (Å²) in [6.45, 7) is 2.59. The average molecular weight is 266 g/mol. The van der Waals surface area contributed by atoms with Crippen molar-refractivity contribution in [3.8, 4) is 0 Å². The maximum Gasteiger partial charge on any atom is 0.326 e. The number of aromatic amines is 2. The predicted molar refractivity (Wildman–Crippen MR) is 70.2 cm³/mol. The summed E-state index contributed by atoms with van der Waals surface area (Å²) < 4.78 is 0. The van der Waals surface area contributed by atoms with Gasteiger partial charge in [0.2, 0.25) is 0 Å². The van der Waals surface area contributed by atoms with Crippen LogP contribution in [0.1, 0.15) is 29.8 Å². The van der Waals surface area contributed by atoms with Crippen molar-refractivity contribution in [1.82, 2.24) is 20.6 Å². The van der Waals surface area contributed by atoms with Crippen molar-refractivity contribution in [1.29, 1.82) is 0 Å². The first kappa shape index (κ1) is 13.5. The molecule has 1 saturated heterocycles. The molecule has 2 heterocycles. The molecule has 7 heteroatoms. The van der Waals surface area contributed by atoms with Crippen molar-refractivity contribution in [2.75, 3.05) is 19.6 Å². The smallest absolute Gasteiger partial charge is 0.326 e. The van der Waals surface area contributed by atoms with Crippen molar-refractivity contribution in [3.63, 3.8) is 0 Å². The molecule has 0 spiro atoms. The van der Waals surface area contributed by atoms with Crippen LogP contribution in [0.15, 0.2) is 15.7 Å². The quantitative estimate of drug-likeness (QED) is 0.571. The van der Waals surface area contributed by atoms with Crippen LogP contribution in [0.25, 0.3) is 0 Å². The van der Waals surface area contributed by atoms with E-state index < -0.39 is 17.2 Å². The number of hydrogen-bond acceptors (Lipinski definition) is 4. The molecule has 0 radical (unpaired) electrons. The molecule has 7 nitrogen and oxygen atoms in total. The molecule has 1 aliphatic heterocycles. The van der Waals surface area contributed by atoms with Crippen LogP contribution in [0.2, 0.25) is 0 Å². The zero-order valence-corrected chi connectivity index (χ0v) is 10.6. The van der Waals surface area contributed by atoms with Gasteiger partial charge in [-0.2, -0.15) is 0 Å². The number of carbonyl (C=O) groups excluding carboxylic acids is 1. The normalized spacial score (nSPS) is 19.1. The van der Waals surface area contributed by atoms with Crippen LogP contribution < -0.4 is 21.9 Å². The van der Waals surface area contributed by atoms with Crippen LogP contribution in [0, 0.1) is 5.92 Å². The number of amides is 1. The van der Waals surface area contributed by atoms with Crippen LogP contribution in [-0.2, 0) is 0 Å². The van der Waals surface area contributed by atoms with E-state index in [2.05, 4.69) is 15.6 Å². The minimum atomic E-state index is -0.672. The van der Waals surface area contributed by atoms with E-state index in [1.165, 1.54) is 12.8 Å². The number of nitrogens with one attached hydrogen (secondary N) is 4. The number of hydrogen-bond donors (Lipinski definition) is 4. The van der Waals surface area contributed by atoms with E-state index in [0.717, 1.165) is 25.6 Å². The van der Waals surface area contributed by atoms with Crippen molar-refractivity contribution in [2.45, 2.75) is 19.3 Å². The van der Waals surface area contributed by atoms with Crippen LogP contribution >= 0.6 is 0 Å². The molecule has 1 aromatic rings. The molecular formula is C12H18N4O3. The van der Waals surface area contributed by atoms with Crippen LogP contribution in [0.4, 0.5) is 0 Å².